The predicted molar refractivity (Wildman–Crippen MR) is 89.7 cm³/mol. The number of hydrogen-bond donors (Lipinski definition) is 1. The van der Waals surface area contributed by atoms with E-state index in [0.29, 0.717) is 12.5 Å². The Hall–Kier alpha value is -0.610. The highest BCUT2D eigenvalue weighted by molar-refractivity contribution is 5.79. The summed E-state index contributed by atoms with van der Waals surface area (Å²) in [6.07, 6.45) is 3.95. The highest BCUT2D eigenvalue weighted by Crippen LogP contribution is 2.61. The molecule has 2 saturated carbocycles. The number of carbonyl (C=O) groups is 1. The summed E-state index contributed by atoms with van der Waals surface area (Å²) in [7, 11) is 0. The molecule has 3 atom stereocenters. The first-order chi connectivity index (χ1) is 10.4. The first-order valence-corrected chi connectivity index (χ1v) is 9.12. The molecule has 126 valence electrons. The van der Waals surface area contributed by atoms with Crippen molar-refractivity contribution in [2.75, 3.05) is 39.3 Å². The van der Waals surface area contributed by atoms with Gasteiger partial charge in [0.2, 0.25) is 5.91 Å². The summed E-state index contributed by atoms with van der Waals surface area (Å²) in [5.74, 6) is 1.69. The molecular weight excluding hydrogens is 274 g/mol. The van der Waals surface area contributed by atoms with Crippen molar-refractivity contribution in [3.05, 3.63) is 0 Å². The predicted octanol–water partition coefficient (Wildman–Crippen LogP) is 1.95. The van der Waals surface area contributed by atoms with Crippen LogP contribution in [0, 0.1) is 17.3 Å². The van der Waals surface area contributed by atoms with Gasteiger partial charge < -0.3 is 10.2 Å². The van der Waals surface area contributed by atoms with Gasteiger partial charge in [0.15, 0.2) is 0 Å². The Kier molecular flexibility index (Phi) is 4.28. The minimum atomic E-state index is -0.0156. The molecule has 2 bridgehead atoms. The standard InChI is InChI=1S/C18H33N3O/c1-5-20-8-10-21(11-9-20)13-16(22)19-18(4)15-7-6-14(12-15)17(18,2)3/h14-15H,5-13H2,1-4H3,(H,19,22)/t14-,15+,18+/m0/s1. The van der Waals surface area contributed by atoms with Crippen molar-refractivity contribution in [3.63, 3.8) is 0 Å². The Balaban J connectivity index is 1.56. The van der Waals surface area contributed by atoms with E-state index < -0.39 is 0 Å². The second kappa shape index (κ2) is 5.79. The monoisotopic (exact) mass is 307 g/mol. The Morgan fingerprint density at radius 3 is 2.18 bits per heavy atom. The molecule has 1 heterocycles. The minimum absolute atomic E-state index is 0.0156. The molecule has 0 radical (unpaired) electrons. The van der Waals surface area contributed by atoms with Gasteiger partial charge in [-0.1, -0.05) is 20.8 Å². The number of nitrogens with zero attached hydrogens (tertiary/aromatic N) is 2. The zero-order valence-electron chi connectivity index (χ0n) is 14.8. The molecule has 0 unspecified atom stereocenters. The minimum Gasteiger partial charge on any atom is -0.349 e. The van der Waals surface area contributed by atoms with E-state index in [1.807, 2.05) is 0 Å². The third-order valence-corrected chi connectivity index (χ3v) is 7.29. The van der Waals surface area contributed by atoms with Crippen LogP contribution in [0.5, 0.6) is 0 Å². The van der Waals surface area contributed by atoms with Crippen molar-refractivity contribution in [2.24, 2.45) is 17.3 Å². The molecule has 0 aromatic heterocycles. The number of amides is 1. The lowest BCUT2D eigenvalue weighted by molar-refractivity contribution is -0.127. The summed E-state index contributed by atoms with van der Waals surface area (Å²) >= 11 is 0. The number of carbonyl (C=O) groups excluding carboxylic acids is 1. The summed E-state index contributed by atoms with van der Waals surface area (Å²) in [6.45, 7) is 15.1. The highest BCUT2D eigenvalue weighted by Gasteiger charge is 2.60. The van der Waals surface area contributed by atoms with Gasteiger partial charge in [-0.2, -0.15) is 0 Å². The molecule has 1 amide bonds. The molecule has 3 fully saturated rings. The Morgan fingerprint density at radius 1 is 1.05 bits per heavy atom. The summed E-state index contributed by atoms with van der Waals surface area (Å²) in [5, 5.41) is 3.46. The first kappa shape index (κ1) is 16.3. The molecule has 3 rings (SSSR count). The molecule has 2 aliphatic carbocycles. The number of hydrogen-bond acceptors (Lipinski definition) is 3. The fraction of sp³-hybridized carbons (Fsp3) is 0.944. The van der Waals surface area contributed by atoms with Gasteiger partial charge in [-0.05, 0) is 50.0 Å². The molecule has 4 nitrogen and oxygen atoms in total. The van der Waals surface area contributed by atoms with Crippen LogP contribution in [-0.2, 0) is 4.79 Å². The number of piperazine rings is 1. The van der Waals surface area contributed by atoms with Gasteiger partial charge in [0.05, 0.1) is 6.54 Å². The van der Waals surface area contributed by atoms with Crippen LogP contribution in [0.15, 0.2) is 0 Å². The van der Waals surface area contributed by atoms with Gasteiger partial charge in [-0.3, -0.25) is 9.69 Å². The van der Waals surface area contributed by atoms with Gasteiger partial charge in [0.1, 0.15) is 0 Å². The van der Waals surface area contributed by atoms with Gasteiger partial charge in [0.25, 0.3) is 0 Å². The number of rotatable bonds is 4. The zero-order chi connectivity index (χ0) is 16.0. The van der Waals surface area contributed by atoms with Crippen molar-refractivity contribution in [1.82, 2.24) is 15.1 Å². The van der Waals surface area contributed by atoms with Crippen LogP contribution in [0.4, 0.5) is 0 Å². The maximum atomic E-state index is 12.6. The molecule has 0 aromatic carbocycles. The third-order valence-electron chi connectivity index (χ3n) is 7.29. The lowest BCUT2D eigenvalue weighted by atomic mass is 9.64. The Labute approximate surface area is 135 Å². The largest absolute Gasteiger partial charge is 0.349 e. The van der Waals surface area contributed by atoms with E-state index in [0.717, 1.165) is 38.6 Å². The number of fused-ring (bicyclic) bond motifs is 2. The van der Waals surface area contributed by atoms with Crippen LogP contribution >= 0.6 is 0 Å². The van der Waals surface area contributed by atoms with Crippen LogP contribution in [-0.4, -0.2) is 60.5 Å². The summed E-state index contributed by atoms with van der Waals surface area (Å²) in [6, 6.07) is 0. The van der Waals surface area contributed by atoms with Crippen molar-refractivity contribution < 1.29 is 4.79 Å². The van der Waals surface area contributed by atoms with E-state index >= 15 is 0 Å². The highest BCUT2D eigenvalue weighted by atomic mass is 16.2. The SMILES string of the molecule is CCN1CCN(CC(=O)N[C@]2(C)[C@@H]3CC[C@@H](C3)C2(C)C)CC1. The Morgan fingerprint density at radius 2 is 1.64 bits per heavy atom. The van der Waals surface area contributed by atoms with E-state index in [4.69, 9.17) is 0 Å². The van der Waals surface area contributed by atoms with E-state index in [2.05, 4.69) is 42.8 Å². The van der Waals surface area contributed by atoms with E-state index in [9.17, 15) is 4.79 Å². The maximum absolute atomic E-state index is 12.6. The summed E-state index contributed by atoms with van der Waals surface area (Å²) in [5.41, 5.74) is 0.213. The average molecular weight is 307 g/mol. The van der Waals surface area contributed by atoms with Gasteiger partial charge >= 0.3 is 0 Å². The number of nitrogens with one attached hydrogen (secondary N) is 1. The van der Waals surface area contributed by atoms with Crippen LogP contribution < -0.4 is 5.32 Å². The van der Waals surface area contributed by atoms with E-state index in [-0.39, 0.29) is 16.9 Å². The van der Waals surface area contributed by atoms with Crippen molar-refractivity contribution in [2.45, 2.75) is 52.5 Å². The van der Waals surface area contributed by atoms with E-state index in [1.54, 1.807) is 0 Å². The molecule has 0 aromatic rings. The molecule has 1 saturated heterocycles. The van der Waals surface area contributed by atoms with Gasteiger partial charge in [-0.25, -0.2) is 0 Å². The molecule has 3 aliphatic rings. The molecular formula is C18H33N3O. The fourth-order valence-corrected chi connectivity index (χ4v) is 5.17. The lowest BCUT2D eigenvalue weighted by Crippen LogP contribution is -2.61. The van der Waals surface area contributed by atoms with E-state index in [1.165, 1.54) is 19.3 Å². The topological polar surface area (TPSA) is 35.6 Å². The van der Waals surface area contributed by atoms with Gasteiger partial charge in [-0.15, -0.1) is 0 Å². The van der Waals surface area contributed by atoms with Crippen molar-refractivity contribution >= 4 is 5.91 Å². The van der Waals surface area contributed by atoms with Crippen LogP contribution in [0.1, 0.15) is 47.0 Å². The molecule has 22 heavy (non-hydrogen) atoms. The average Bonchev–Trinajstić information content (AvgIpc) is 3.03. The molecule has 0 spiro atoms. The second-order valence-electron chi connectivity index (χ2n) is 8.39. The normalized spacial score (nSPS) is 38.4. The van der Waals surface area contributed by atoms with Crippen molar-refractivity contribution in [3.8, 4) is 0 Å². The summed E-state index contributed by atoms with van der Waals surface area (Å²) in [4.78, 5) is 17.4. The summed E-state index contributed by atoms with van der Waals surface area (Å²) < 4.78 is 0. The van der Waals surface area contributed by atoms with Crippen molar-refractivity contribution in [1.29, 1.82) is 0 Å². The first-order valence-electron chi connectivity index (χ1n) is 9.12. The fourth-order valence-electron chi connectivity index (χ4n) is 5.17. The Bertz CT molecular complexity index is 428. The third kappa shape index (κ3) is 2.58. The van der Waals surface area contributed by atoms with Crippen LogP contribution in [0.3, 0.4) is 0 Å². The maximum Gasteiger partial charge on any atom is 0.234 e. The van der Waals surface area contributed by atoms with Crippen LogP contribution in [0.2, 0.25) is 0 Å². The molecule has 4 heteroatoms. The van der Waals surface area contributed by atoms with Gasteiger partial charge in [0, 0.05) is 31.7 Å². The second-order valence-corrected chi connectivity index (χ2v) is 8.39. The molecule has 1 aliphatic heterocycles. The molecule has 1 N–H and O–H groups in total. The smallest absolute Gasteiger partial charge is 0.234 e. The lowest BCUT2D eigenvalue weighted by Gasteiger charge is -2.48. The number of likely N-dealkylation sites (N-methyl/N-ethyl adjacent to an activating group) is 1. The zero-order valence-corrected chi connectivity index (χ0v) is 14.8. The quantitative estimate of drug-likeness (QED) is 0.862. The van der Waals surface area contributed by atoms with Crippen LogP contribution in [0.25, 0.3) is 0 Å².